The molecule has 1 aromatic carbocycles. The first kappa shape index (κ1) is 14.0. The maximum atomic E-state index is 11.8. The van der Waals surface area contributed by atoms with E-state index in [1.54, 1.807) is 0 Å². The molecule has 0 unspecified atom stereocenters. The van der Waals surface area contributed by atoms with E-state index in [0.29, 0.717) is 12.6 Å². The fourth-order valence-electron chi connectivity index (χ4n) is 2.38. The van der Waals surface area contributed by atoms with E-state index >= 15 is 0 Å². The van der Waals surface area contributed by atoms with Gasteiger partial charge in [0, 0.05) is 11.7 Å². The Morgan fingerprint density at radius 3 is 2.79 bits per heavy atom. The molecule has 2 rings (SSSR count). The van der Waals surface area contributed by atoms with Gasteiger partial charge < -0.3 is 15.5 Å². The van der Waals surface area contributed by atoms with Crippen molar-refractivity contribution in [1.29, 1.82) is 0 Å². The Hall–Kier alpha value is -1.39. The summed E-state index contributed by atoms with van der Waals surface area (Å²) in [5.74, 6) is 0.0320. The maximum Gasteiger partial charge on any atom is 0.238 e. The molecule has 104 valence electrons. The van der Waals surface area contributed by atoms with Gasteiger partial charge in [-0.2, -0.15) is 0 Å². The Morgan fingerprint density at radius 1 is 1.37 bits per heavy atom. The summed E-state index contributed by atoms with van der Waals surface area (Å²) >= 11 is 0. The number of amides is 1. The molecule has 0 radical (unpaired) electrons. The topological polar surface area (TPSA) is 44.4 Å². The molecule has 0 bridgehead atoms. The molecule has 2 N–H and O–H groups in total. The highest BCUT2D eigenvalue weighted by Crippen LogP contribution is 2.10. The lowest BCUT2D eigenvalue weighted by molar-refractivity contribution is -0.115. The summed E-state index contributed by atoms with van der Waals surface area (Å²) in [6, 6.07) is 8.34. The van der Waals surface area contributed by atoms with E-state index in [2.05, 4.69) is 22.6 Å². The average molecular weight is 261 g/mol. The molecule has 0 atom stereocenters. The number of piperidine rings is 1. The largest absolute Gasteiger partial charge is 0.325 e. The van der Waals surface area contributed by atoms with Crippen LogP contribution in [0.15, 0.2) is 24.3 Å². The molecule has 0 aliphatic carbocycles. The third-order valence-corrected chi connectivity index (χ3v) is 3.57. The number of carbonyl (C=O) groups excluding carboxylic acids is 1. The van der Waals surface area contributed by atoms with Gasteiger partial charge in [0.2, 0.25) is 5.91 Å². The molecule has 1 aromatic rings. The van der Waals surface area contributed by atoms with Gasteiger partial charge in [-0.1, -0.05) is 12.1 Å². The minimum atomic E-state index is 0.0320. The van der Waals surface area contributed by atoms with E-state index < -0.39 is 0 Å². The highest BCUT2D eigenvalue weighted by Gasteiger charge is 2.16. The van der Waals surface area contributed by atoms with E-state index in [4.69, 9.17) is 0 Å². The van der Waals surface area contributed by atoms with Crippen LogP contribution < -0.4 is 10.6 Å². The molecule has 1 saturated heterocycles. The molecule has 0 spiro atoms. The monoisotopic (exact) mass is 261 g/mol. The van der Waals surface area contributed by atoms with E-state index in [1.165, 1.54) is 0 Å². The van der Waals surface area contributed by atoms with Crippen molar-refractivity contribution in [3.05, 3.63) is 29.8 Å². The van der Waals surface area contributed by atoms with Crippen LogP contribution in [0.1, 0.15) is 18.4 Å². The van der Waals surface area contributed by atoms with Crippen LogP contribution in [0, 0.1) is 6.92 Å². The van der Waals surface area contributed by atoms with Crippen molar-refractivity contribution in [2.75, 3.05) is 32.0 Å². The summed E-state index contributed by atoms with van der Waals surface area (Å²) < 4.78 is 0. The third-order valence-electron chi connectivity index (χ3n) is 3.57. The molecular formula is C15H23N3O. The Balaban J connectivity index is 1.73. The van der Waals surface area contributed by atoms with Gasteiger partial charge in [0.05, 0.1) is 6.54 Å². The Morgan fingerprint density at radius 2 is 2.11 bits per heavy atom. The molecular weight excluding hydrogens is 238 g/mol. The van der Waals surface area contributed by atoms with Crippen molar-refractivity contribution in [3.8, 4) is 0 Å². The normalized spacial score (nSPS) is 17.4. The fourth-order valence-corrected chi connectivity index (χ4v) is 2.38. The minimum Gasteiger partial charge on any atom is -0.325 e. The molecule has 1 aliphatic rings. The lowest BCUT2D eigenvalue weighted by atomic mass is 10.1. The maximum absolute atomic E-state index is 11.8. The van der Waals surface area contributed by atoms with Crippen LogP contribution in [0.3, 0.4) is 0 Å². The van der Waals surface area contributed by atoms with E-state index in [0.717, 1.165) is 37.2 Å². The second kappa shape index (κ2) is 6.68. The van der Waals surface area contributed by atoms with Crippen molar-refractivity contribution in [2.45, 2.75) is 25.8 Å². The number of nitrogens with one attached hydrogen (secondary N) is 2. The first-order chi connectivity index (χ1) is 9.13. The van der Waals surface area contributed by atoms with Crippen LogP contribution in [-0.2, 0) is 4.79 Å². The molecule has 1 amide bonds. The van der Waals surface area contributed by atoms with Crippen LogP contribution in [0.4, 0.5) is 5.69 Å². The Bertz CT molecular complexity index is 425. The number of hydrogen-bond acceptors (Lipinski definition) is 3. The lowest BCUT2D eigenvalue weighted by Gasteiger charge is -2.29. The summed E-state index contributed by atoms with van der Waals surface area (Å²) in [5.41, 5.74) is 2.02. The first-order valence-electron chi connectivity index (χ1n) is 6.92. The van der Waals surface area contributed by atoms with Crippen LogP contribution in [0.2, 0.25) is 0 Å². The molecule has 0 aromatic heterocycles. The Labute approximate surface area is 115 Å². The molecule has 19 heavy (non-hydrogen) atoms. The number of anilines is 1. The summed E-state index contributed by atoms with van der Waals surface area (Å²) in [6.07, 6.45) is 2.24. The molecule has 1 heterocycles. The highest BCUT2D eigenvalue weighted by molar-refractivity contribution is 5.92. The number of rotatable bonds is 4. The molecule has 1 aliphatic heterocycles. The molecule has 4 heteroatoms. The van der Waals surface area contributed by atoms with Gasteiger partial charge in [0.1, 0.15) is 0 Å². The predicted molar refractivity (Wildman–Crippen MR) is 78.3 cm³/mol. The standard InChI is InChI=1S/C15H23N3O/c1-12-4-3-5-14(10-12)17-15(19)11-16-13-6-8-18(2)9-7-13/h3-5,10,13,16H,6-9,11H2,1-2H3,(H,17,19). The highest BCUT2D eigenvalue weighted by atomic mass is 16.1. The summed E-state index contributed by atoms with van der Waals surface area (Å²) in [4.78, 5) is 14.2. The zero-order chi connectivity index (χ0) is 13.7. The van der Waals surface area contributed by atoms with Crippen LogP contribution in [0.25, 0.3) is 0 Å². The SMILES string of the molecule is Cc1cccc(NC(=O)CNC2CCN(C)CC2)c1. The number of benzene rings is 1. The van der Waals surface area contributed by atoms with Crippen LogP contribution >= 0.6 is 0 Å². The molecule has 0 saturated carbocycles. The van der Waals surface area contributed by atoms with Crippen LogP contribution in [0.5, 0.6) is 0 Å². The zero-order valence-electron chi connectivity index (χ0n) is 11.8. The first-order valence-corrected chi connectivity index (χ1v) is 6.92. The fraction of sp³-hybridized carbons (Fsp3) is 0.533. The number of hydrogen-bond donors (Lipinski definition) is 2. The third kappa shape index (κ3) is 4.65. The minimum absolute atomic E-state index is 0.0320. The summed E-state index contributed by atoms with van der Waals surface area (Å²) in [7, 11) is 2.14. The van der Waals surface area contributed by atoms with Gasteiger partial charge in [0.25, 0.3) is 0 Å². The van der Waals surface area contributed by atoms with Gasteiger partial charge in [-0.25, -0.2) is 0 Å². The van der Waals surface area contributed by atoms with E-state index in [-0.39, 0.29) is 5.91 Å². The lowest BCUT2D eigenvalue weighted by Crippen LogP contribution is -2.43. The van der Waals surface area contributed by atoms with Gasteiger partial charge >= 0.3 is 0 Å². The number of aryl methyl sites for hydroxylation is 1. The number of likely N-dealkylation sites (tertiary alicyclic amines) is 1. The number of carbonyl (C=O) groups is 1. The Kier molecular flexibility index (Phi) is 4.93. The van der Waals surface area contributed by atoms with Gasteiger partial charge in [-0.15, -0.1) is 0 Å². The van der Waals surface area contributed by atoms with Gasteiger partial charge in [-0.05, 0) is 57.6 Å². The summed E-state index contributed by atoms with van der Waals surface area (Å²) in [5, 5.41) is 6.26. The smallest absolute Gasteiger partial charge is 0.238 e. The second-order valence-corrected chi connectivity index (χ2v) is 5.38. The van der Waals surface area contributed by atoms with Crippen molar-refractivity contribution in [2.24, 2.45) is 0 Å². The van der Waals surface area contributed by atoms with Crippen molar-refractivity contribution < 1.29 is 4.79 Å². The number of nitrogens with zero attached hydrogens (tertiary/aromatic N) is 1. The van der Waals surface area contributed by atoms with E-state index in [9.17, 15) is 4.79 Å². The van der Waals surface area contributed by atoms with Gasteiger partial charge in [0.15, 0.2) is 0 Å². The summed E-state index contributed by atoms with van der Waals surface area (Å²) in [6.45, 7) is 4.63. The van der Waals surface area contributed by atoms with Crippen molar-refractivity contribution in [3.63, 3.8) is 0 Å². The van der Waals surface area contributed by atoms with Crippen molar-refractivity contribution >= 4 is 11.6 Å². The zero-order valence-corrected chi connectivity index (χ0v) is 11.8. The quantitative estimate of drug-likeness (QED) is 0.865. The second-order valence-electron chi connectivity index (χ2n) is 5.38. The van der Waals surface area contributed by atoms with Gasteiger partial charge in [-0.3, -0.25) is 4.79 Å². The average Bonchev–Trinajstić information content (AvgIpc) is 2.38. The van der Waals surface area contributed by atoms with E-state index in [1.807, 2.05) is 31.2 Å². The predicted octanol–water partition coefficient (Wildman–Crippen LogP) is 1.62. The molecule has 1 fully saturated rings. The van der Waals surface area contributed by atoms with Crippen molar-refractivity contribution in [1.82, 2.24) is 10.2 Å². The molecule has 4 nitrogen and oxygen atoms in total. The van der Waals surface area contributed by atoms with Crippen LogP contribution in [-0.4, -0.2) is 43.5 Å².